The smallest absolute Gasteiger partial charge is 0.276 e. The summed E-state index contributed by atoms with van der Waals surface area (Å²) in [6.07, 6.45) is 3.53. The molecule has 0 N–H and O–H groups in total. The zero-order valence-corrected chi connectivity index (χ0v) is 15.2. The first-order valence-electron chi connectivity index (χ1n) is 8.83. The van der Waals surface area contributed by atoms with Crippen LogP contribution in [0.5, 0.6) is 17.2 Å². The van der Waals surface area contributed by atoms with E-state index in [9.17, 15) is 4.79 Å². The van der Waals surface area contributed by atoms with Crippen molar-refractivity contribution in [1.82, 2.24) is 14.2 Å². The van der Waals surface area contributed by atoms with E-state index in [0.717, 1.165) is 16.9 Å². The summed E-state index contributed by atoms with van der Waals surface area (Å²) in [6, 6.07) is 15.1. The molecule has 5 rings (SSSR count). The summed E-state index contributed by atoms with van der Waals surface area (Å²) in [4.78, 5) is 12.9. The molecule has 0 fully saturated rings. The molecule has 0 spiro atoms. The SMILES string of the molecule is COc1cccc(Cn2ccn3nc(-c4ccc5c(c4)OCO5)cc3c2=O)c1. The second-order valence-corrected chi connectivity index (χ2v) is 6.51. The molecule has 0 saturated heterocycles. The number of benzene rings is 2. The minimum absolute atomic E-state index is 0.107. The number of methoxy groups -OCH3 is 1. The first-order valence-corrected chi connectivity index (χ1v) is 8.83. The van der Waals surface area contributed by atoms with Gasteiger partial charge in [0, 0.05) is 18.0 Å². The normalized spacial score (nSPS) is 12.5. The van der Waals surface area contributed by atoms with Gasteiger partial charge in [0.25, 0.3) is 5.56 Å². The highest BCUT2D eigenvalue weighted by Crippen LogP contribution is 2.35. The van der Waals surface area contributed by atoms with E-state index in [1.807, 2.05) is 42.5 Å². The lowest BCUT2D eigenvalue weighted by Gasteiger charge is -2.07. The molecular weight excluding hydrogens is 358 g/mol. The molecule has 3 heterocycles. The largest absolute Gasteiger partial charge is 0.497 e. The van der Waals surface area contributed by atoms with Gasteiger partial charge in [-0.05, 0) is 42.0 Å². The Morgan fingerprint density at radius 2 is 1.96 bits per heavy atom. The summed E-state index contributed by atoms with van der Waals surface area (Å²) < 4.78 is 19.3. The molecule has 28 heavy (non-hydrogen) atoms. The fourth-order valence-electron chi connectivity index (χ4n) is 3.32. The van der Waals surface area contributed by atoms with Gasteiger partial charge in [-0.25, -0.2) is 4.52 Å². The minimum atomic E-state index is -0.107. The maximum absolute atomic E-state index is 12.9. The van der Waals surface area contributed by atoms with Crippen molar-refractivity contribution in [2.75, 3.05) is 13.9 Å². The van der Waals surface area contributed by atoms with Crippen molar-refractivity contribution in [2.24, 2.45) is 0 Å². The average Bonchev–Trinajstić information content (AvgIpc) is 3.37. The van der Waals surface area contributed by atoms with Gasteiger partial charge in [-0.1, -0.05) is 12.1 Å². The molecule has 1 aliphatic rings. The van der Waals surface area contributed by atoms with Gasteiger partial charge >= 0.3 is 0 Å². The van der Waals surface area contributed by atoms with Gasteiger partial charge in [-0.15, -0.1) is 0 Å². The summed E-state index contributed by atoms with van der Waals surface area (Å²) >= 11 is 0. The van der Waals surface area contributed by atoms with Crippen LogP contribution in [0.4, 0.5) is 0 Å². The molecule has 7 nitrogen and oxygen atoms in total. The van der Waals surface area contributed by atoms with Gasteiger partial charge in [0.2, 0.25) is 6.79 Å². The van der Waals surface area contributed by atoms with Crippen LogP contribution in [0, 0.1) is 0 Å². The summed E-state index contributed by atoms with van der Waals surface area (Å²) in [5, 5.41) is 4.53. The highest BCUT2D eigenvalue weighted by molar-refractivity contribution is 5.68. The molecule has 2 aromatic heterocycles. The third-order valence-electron chi connectivity index (χ3n) is 4.76. The van der Waals surface area contributed by atoms with Crippen molar-refractivity contribution in [3.8, 4) is 28.5 Å². The Labute approximate surface area is 160 Å². The van der Waals surface area contributed by atoms with Gasteiger partial charge < -0.3 is 18.8 Å². The lowest BCUT2D eigenvalue weighted by molar-refractivity contribution is 0.174. The fourth-order valence-corrected chi connectivity index (χ4v) is 3.32. The van der Waals surface area contributed by atoms with Crippen molar-refractivity contribution < 1.29 is 14.2 Å². The van der Waals surface area contributed by atoms with E-state index in [-0.39, 0.29) is 12.4 Å². The Morgan fingerprint density at radius 1 is 1.07 bits per heavy atom. The van der Waals surface area contributed by atoms with Crippen LogP contribution in [-0.2, 0) is 6.54 Å². The van der Waals surface area contributed by atoms with Gasteiger partial charge in [-0.2, -0.15) is 5.10 Å². The van der Waals surface area contributed by atoms with Crippen LogP contribution in [0.15, 0.2) is 65.7 Å². The monoisotopic (exact) mass is 375 g/mol. The highest BCUT2D eigenvalue weighted by Gasteiger charge is 2.16. The molecule has 0 saturated carbocycles. The molecule has 0 unspecified atom stereocenters. The molecule has 0 bridgehead atoms. The highest BCUT2D eigenvalue weighted by atomic mass is 16.7. The van der Waals surface area contributed by atoms with Crippen LogP contribution in [-0.4, -0.2) is 28.1 Å². The van der Waals surface area contributed by atoms with Crippen LogP contribution >= 0.6 is 0 Å². The van der Waals surface area contributed by atoms with Crippen molar-refractivity contribution in [1.29, 1.82) is 0 Å². The Hall–Kier alpha value is -3.74. The molecule has 0 aliphatic carbocycles. The Balaban J connectivity index is 1.52. The third-order valence-corrected chi connectivity index (χ3v) is 4.76. The third kappa shape index (κ3) is 2.77. The topological polar surface area (TPSA) is 67.0 Å². The summed E-state index contributed by atoms with van der Waals surface area (Å²) in [7, 11) is 1.63. The van der Waals surface area contributed by atoms with Crippen molar-refractivity contribution in [2.45, 2.75) is 6.54 Å². The summed E-state index contributed by atoms with van der Waals surface area (Å²) in [6.45, 7) is 0.677. The predicted molar refractivity (Wildman–Crippen MR) is 103 cm³/mol. The molecule has 0 atom stereocenters. The van der Waals surface area contributed by atoms with Crippen molar-refractivity contribution >= 4 is 5.52 Å². The number of nitrogens with zero attached hydrogens (tertiary/aromatic N) is 3. The molecule has 140 valence electrons. The van der Waals surface area contributed by atoms with E-state index < -0.39 is 0 Å². The first-order chi connectivity index (χ1) is 13.7. The van der Waals surface area contributed by atoms with Crippen LogP contribution in [0.25, 0.3) is 16.8 Å². The molecule has 7 heteroatoms. The van der Waals surface area contributed by atoms with Gasteiger partial charge in [0.15, 0.2) is 11.5 Å². The van der Waals surface area contributed by atoms with E-state index in [4.69, 9.17) is 14.2 Å². The van der Waals surface area contributed by atoms with Gasteiger partial charge in [-0.3, -0.25) is 4.79 Å². The van der Waals surface area contributed by atoms with Crippen LogP contribution in [0.1, 0.15) is 5.56 Å². The lowest BCUT2D eigenvalue weighted by Crippen LogP contribution is -2.21. The fraction of sp³-hybridized carbons (Fsp3) is 0.143. The molecular formula is C21H17N3O4. The minimum Gasteiger partial charge on any atom is -0.497 e. The number of rotatable bonds is 4. The number of hydrogen-bond acceptors (Lipinski definition) is 5. The zero-order chi connectivity index (χ0) is 19.1. The number of aromatic nitrogens is 3. The van der Waals surface area contributed by atoms with Crippen LogP contribution in [0.3, 0.4) is 0 Å². The second-order valence-electron chi connectivity index (χ2n) is 6.51. The van der Waals surface area contributed by atoms with E-state index >= 15 is 0 Å². The Bertz CT molecular complexity index is 1240. The van der Waals surface area contributed by atoms with E-state index in [2.05, 4.69) is 5.10 Å². The van der Waals surface area contributed by atoms with Gasteiger partial charge in [0.05, 0.1) is 19.3 Å². The predicted octanol–water partition coefficient (Wildman–Crippen LogP) is 2.95. The molecule has 2 aromatic carbocycles. The molecule has 1 aliphatic heterocycles. The Kier molecular flexibility index (Phi) is 3.79. The molecule has 4 aromatic rings. The number of hydrogen-bond donors (Lipinski definition) is 0. The quantitative estimate of drug-likeness (QED) is 0.549. The van der Waals surface area contributed by atoms with Crippen LogP contribution < -0.4 is 19.8 Å². The van der Waals surface area contributed by atoms with E-state index in [1.54, 1.807) is 34.7 Å². The van der Waals surface area contributed by atoms with Crippen molar-refractivity contribution in [3.05, 3.63) is 76.8 Å². The molecule has 0 amide bonds. The summed E-state index contributed by atoms with van der Waals surface area (Å²) in [5.41, 5.74) is 2.96. The number of ether oxygens (including phenoxy) is 3. The molecule has 0 radical (unpaired) electrons. The van der Waals surface area contributed by atoms with E-state index in [0.29, 0.717) is 29.3 Å². The second kappa shape index (κ2) is 6.45. The maximum Gasteiger partial charge on any atom is 0.276 e. The van der Waals surface area contributed by atoms with E-state index in [1.165, 1.54) is 0 Å². The standard InChI is InChI=1S/C21H17N3O4/c1-26-16-4-2-3-14(9-16)12-23-7-8-24-18(21(23)25)11-17(22-24)15-5-6-19-20(10-15)28-13-27-19/h2-11H,12-13H2,1H3. The zero-order valence-electron chi connectivity index (χ0n) is 15.2. The summed E-state index contributed by atoms with van der Waals surface area (Å²) in [5.74, 6) is 2.17. The van der Waals surface area contributed by atoms with Gasteiger partial charge in [0.1, 0.15) is 11.3 Å². The Morgan fingerprint density at radius 3 is 2.86 bits per heavy atom. The average molecular weight is 375 g/mol. The maximum atomic E-state index is 12.9. The number of fused-ring (bicyclic) bond motifs is 2. The van der Waals surface area contributed by atoms with Crippen molar-refractivity contribution in [3.63, 3.8) is 0 Å². The van der Waals surface area contributed by atoms with Crippen LogP contribution in [0.2, 0.25) is 0 Å². The first kappa shape index (κ1) is 16.4. The lowest BCUT2D eigenvalue weighted by atomic mass is 10.1.